The van der Waals surface area contributed by atoms with Crippen molar-refractivity contribution in [3.8, 4) is 0 Å². The fourth-order valence-electron chi connectivity index (χ4n) is 2.11. The van der Waals surface area contributed by atoms with E-state index < -0.39 is 35.3 Å². The highest BCUT2D eigenvalue weighted by molar-refractivity contribution is 5.80. The Bertz CT molecular complexity index is 427. The van der Waals surface area contributed by atoms with Gasteiger partial charge in [-0.1, -0.05) is 6.92 Å². The molecule has 0 bridgehead atoms. The Morgan fingerprint density at radius 1 is 1.52 bits per heavy atom. The number of hydrogen-bond donors (Lipinski definition) is 2. The molecule has 0 radical (unpaired) electrons. The zero-order chi connectivity index (χ0) is 16.2. The van der Waals surface area contributed by atoms with Crippen molar-refractivity contribution in [2.24, 2.45) is 11.3 Å². The smallest absolute Gasteiger partial charge is 0.317 e. The third-order valence-electron chi connectivity index (χ3n) is 3.74. The Balaban J connectivity index is 2.60. The number of carboxylic acid groups (broad SMARTS) is 1. The van der Waals surface area contributed by atoms with Crippen LogP contribution in [-0.2, 0) is 19.1 Å². The number of carbonyl (C=O) groups is 3. The maximum atomic E-state index is 12.1. The third-order valence-corrected chi connectivity index (χ3v) is 3.74. The molecule has 120 valence electrons. The van der Waals surface area contributed by atoms with Crippen molar-refractivity contribution >= 4 is 18.0 Å². The number of methoxy groups -OCH3 is 1. The Hall–Kier alpha value is -1.83. The lowest BCUT2D eigenvalue weighted by molar-refractivity contribution is -0.148. The van der Waals surface area contributed by atoms with Gasteiger partial charge >= 0.3 is 18.0 Å². The Morgan fingerprint density at radius 3 is 2.67 bits per heavy atom. The van der Waals surface area contributed by atoms with Crippen LogP contribution < -0.4 is 5.32 Å². The van der Waals surface area contributed by atoms with Gasteiger partial charge in [-0.3, -0.25) is 9.59 Å². The first kappa shape index (κ1) is 17.2. The van der Waals surface area contributed by atoms with E-state index in [1.54, 1.807) is 6.92 Å². The summed E-state index contributed by atoms with van der Waals surface area (Å²) in [5, 5.41) is 11.9. The van der Waals surface area contributed by atoms with Crippen molar-refractivity contribution in [3.05, 3.63) is 0 Å². The first-order valence-corrected chi connectivity index (χ1v) is 6.63. The molecule has 0 aromatic carbocycles. The lowest BCUT2D eigenvalue weighted by Gasteiger charge is -2.28. The lowest BCUT2D eigenvalue weighted by Crippen LogP contribution is -2.53. The van der Waals surface area contributed by atoms with E-state index in [4.69, 9.17) is 4.74 Å². The van der Waals surface area contributed by atoms with E-state index in [1.165, 1.54) is 26.0 Å². The molecule has 0 saturated carbocycles. The van der Waals surface area contributed by atoms with Crippen LogP contribution in [0.4, 0.5) is 4.79 Å². The largest absolute Gasteiger partial charge is 0.481 e. The number of ether oxygens (including phenoxy) is 2. The van der Waals surface area contributed by atoms with E-state index in [2.05, 4.69) is 10.1 Å². The van der Waals surface area contributed by atoms with E-state index in [-0.39, 0.29) is 19.8 Å². The minimum Gasteiger partial charge on any atom is -0.481 e. The number of esters is 1. The number of rotatable bonds is 5. The van der Waals surface area contributed by atoms with Gasteiger partial charge in [-0.15, -0.1) is 0 Å². The predicted octanol–water partition coefficient (Wildman–Crippen LogP) is -0.0734. The van der Waals surface area contributed by atoms with E-state index in [1.807, 2.05) is 0 Å². The van der Waals surface area contributed by atoms with Crippen LogP contribution in [0, 0.1) is 11.3 Å². The number of nitrogens with zero attached hydrogens (tertiary/aromatic N) is 1. The van der Waals surface area contributed by atoms with Crippen LogP contribution in [0.25, 0.3) is 0 Å². The van der Waals surface area contributed by atoms with Gasteiger partial charge in [0.15, 0.2) is 0 Å². The summed E-state index contributed by atoms with van der Waals surface area (Å²) >= 11 is 0. The molecule has 8 nitrogen and oxygen atoms in total. The Labute approximate surface area is 123 Å². The number of aliphatic carboxylic acids is 1. The monoisotopic (exact) mass is 302 g/mol. The molecule has 1 heterocycles. The highest BCUT2D eigenvalue weighted by Crippen LogP contribution is 2.28. The van der Waals surface area contributed by atoms with Crippen molar-refractivity contribution in [2.75, 3.05) is 33.9 Å². The molecular weight excluding hydrogens is 280 g/mol. The molecule has 1 aliphatic rings. The summed E-state index contributed by atoms with van der Waals surface area (Å²) in [6.07, 6.45) is 0. The zero-order valence-electron chi connectivity index (χ0n) is 12.7. The van der Waals surface area contributed by atoms with Gasteiger partial charge in [-0.05, 0) is 6.92 Å². The lowest BCUT2D eigenvalue weighted by atomic mass is 9.85. The maximum Gasteiger partial charge on any atom is 0.317 e. The van der Waals surface area contributed by atoms with Gasteiger partial charge in [0.05, 0.1) is 32.3 Å². The first-order valence-electron chi connectivity index (χ1n) is 6.63. The fraction of sp³-hybridized carbons (Fsp3) is 0.769. The fourth-order valence-corrected chi connectivity index (χ4v) is 2.11. The van der Waals surface area contributed by atoms with Crippen LogP contribution >= 0.6 is 0 Å². The minimum atomic E-state index is -1.15. The van der Waals surface area contributed by atoms with Crippen LogP contribution in [0.15, 0.2) is 0 Å². The van der Waals surface area contributed by atoms with Crippen LogP contribution in [-0.4, -0.2) is 67.9 Å². The topological polar surface area (TPSA) is 105 Å². The molecular formula is C13H22N2O6. The van der Waals surface area contributed by atoms with Crippen LogP contribution in [0.5, 0.6) is 0 Å². The zero-order valence-corrected chi connectivity index (χ0v) is 12.7. The molecule has 2 amide bonds. The SMILES string of the molecule is COC(=O)C(C)CN(C)C(=O)NC1COCC1(C)C(=O)O. The molecule has 0 aromatic heterocycles. The number of carboxylic acids is 1. The molecule has 8 heteroatoms. The Kier molecular flexibility index (Phi) is 5.54. The van der Waals surface area contributed by atoms with Crippen LogP contribution in [0.2, 0.25) is 0 Å². The van der Waals surface area contributed by atoms with Gasteiger partial charge in [-0.25, -0.2) is 4.79 Å². The van der Waals surface area contributed by atoms with Crippen LogP contribution in [0.3, 0.4) is 0 Å². The molecule has 1 rings (SSSR count). The molecule has 3 atom stereocenters. The third kappa shape index (κ3) is 3.84. The number of amides is 2. The van der Waals surface area contributed by atoms with Gasteiger partial charge < -0.3 is 24.8 Å². The summed E-state index contributed by atoms with van der Waals surface area (Å²) in [4.78, 5) is 36.0. The van der Waals surface area contributed by atoms with Crippen molar-refractivity contribution in [1.82, 2.24) is 10.2 Å². The van der Waals surface area contributed by atoms with E-state index >= 15 is 0 Å². The molecule has 0 aromatic rings. The summed E-state index contributed by atoms with van der Waals surface area (Å²) < 4.78 is 9.76. The number of nitrogens with one attached hydrogen (secondary N) is 1. The number of carbonyl (C=O) groups excluding carboxylic acids is 2. The quantitative estimate of drug-likeness (QED) is 0.689. The van der Waals surface area contributed by atoms with Crippen molar-refractivity contribution in [3.63, 3.8) is 0 Å². The molecule has 3 unspecified atom stereocenters. The number of urea groups is 1. The number of hydrogen-bond acceptors (Lipinski definition) is 5. The predicted molar refractivity (Wildman–Crippen MR) is 72.7 cm³/mol. The normalized spacial score (nSPS) is 26.0. The summed E-state index contributed by atoms with van der Waals surface area (Å²) in [7, 11) is 2.82. The van der Waals surface area contributed by atoms with E-state index in [0.717, 1.165) is 0 Å². The molecule has 21 heavy (non-hydrogen) atoms. The highest BCUT2D eigenvalue weighted by Gasteiger charge is 2.47. The first-order chi connectivity index (χ1) is 9.72. The second-order valence-corrected chi connectivity index (χ2v) is 5.54. The maximum absolute atomic E-state index is 12.1. The molecule has 1 aliphatic heterocycles. The summed E-state index contributed by atoms with van der Waals surface area (Å²) in [5.41, 5.74) is -1.15. The summed E-state index contributed by atoms with van der Waals surface area (Å²) in [5.74, 6) is -1.89. The van der Waals surface area contributed by atoms with Crippen molar-refractivity contribution in [1.29, 1.82) is 0 Å². The summed E-state index contributed by atoms with van der Waals surface area (Å²) in [6, 6.07) is -1.06. The molecule has 1 saturated heterocycles. The molecule has 0 aliphatic carbocycles. The standard InChI is InChI=1S/C13H22N2O6/c1-8(10(16)20-4)5-15(3)12(19)14-9-6-21-7-13(9,2)11(17)18/h8-9H,5-7H2,1-4H3,(H,14,19)(H,17,18). The highest BCUT2D eigenvalue weighted by atomic mass is 16.5. The average Bonchev–Trinajstić information content (AvgIpc) is 2.80. The van der Waals surface area contributed by atoms with Crippen molar-refractivity contribution in [2.45, 2.75) is 19.9 Å². The van der Waals surface area contributed by atoms with E-state index in [9.17, 15) is 19.5 Å². The molecule has 2 N–H and O–H groups in total. The van der Waals surface area contributed by atoms with Crippen LogP contribution in [0.1, 0.15) is 13.8 Å². The molecule has 1 fully saturated rings. The van der Waals surface area contributed by atoms with Gasteiger partial charge in [0.25, 0.3) is 0 Å². The van der Waals surface area contributed by atoms with Gasteiger partial charge in [-0.2, -0.15) is 0 Å². The average molecular weight is 302 g/mol. The van der Waals surface area contributed by atoms with Gasteiger partial charge in [0.1, 0.15) is 5.41 Å². The van der Waals surface area contributed by atoms with Gasteiger partial charge in [0, 0.05) is 13.6 Å². The minimum absolute atomic E-state index is 0.0511. The summed E-state index contributed by atoms with van der Waals surface area (Å²) in [6.45, 7) is 3.56. The van der Waals surface area contributed by atoms with Gasteiger partial charge in [0.2, 0.25) is 0 Å². The second kappa shape index (κ2) is 6.75. The van der Waals surface area contributed by atoms with Crippen molar-refractivity contribution < 1.29 is 29.0 Å². The second-order valence-electron chi connectivity index (χ2n) is 5.54. The Morgan fingerprint density at radius 2 is 2.14 bits per heavy atom. The van der Waals surface area contributed by atoms with E-state index in [0.29, 0.717) is 0 Å². The molecule has 0 spiro atoms.